The Bertz CT molecular complexity index is 1100. The number of aryl methyl sites for hydroxylation is 2. The molecular weight excluding hydrogens is 400 g/mol. The molecule has 3 rings (SSSR count). The summed E-state index contributed by atoms with van der Waals surface area (Å²) in [6, 6.07) is 3.70. The standard InChI is InChI=1S/C20H23F2N3O3S/c1-10(2)17-12(4)16-15(29(27,28)24-17)9-25(5)18(16)20(26)23-13-7-6-11(3)14(8-13)19(21)22/h6-10,17,19,24H,4H2,1-3,5H3,(H,23,26). The Labute approximate surface area is 168 Å². The van der Waals surface area contributed by atoms with Crippen LogP contribution in [0.25, 0.3) is 5.57 Å². The predicted octanol–water partition coefficient (Wildman–Crippen LogP) is 3.85. The smallest absolute Gasteiger partial charge is 0.272 e. The normalized spacial score (nSPS) is 18.2. The van der Waals surface area contributed by atoms with E-state index in [0.717, 1.165) is 0 Å². The molecule has 1 aromatic carbocycles. The van der Waals surface area contributed by atoms with Crippen molar-refractivity contribution in [1.29, 1.82) is 0 Å². The molecule has 2 N–H and O–H groups in total. The highest BCUT2D eigenvalue weighted by Crippen LogP contribution is 2.37. The second-order valence-corrected chi connectivity index (χ2v) is 9.20. The van der Waals surface area contributed by atoms with Gasteiger partial charge in [0.2, 0.25) is 10.0 Å². The van der Waals surface area contributed by atoms with Gasteiger partial charge in [-0.2, -0.15) is 0 Å². The molecule has 0 saturated carbocycles. The van der Waals surface area contributed by atoms with E-state index in [1.807, 2.05) is 13.8 Å². The summed E-state index contributed by atoms with van der Waals surface area (Å²) in [5.74, 6) is -0.675. The lowest BCUT2D eigenvalue weighted by Crippen LogP contribution is -2.43. The van der Waals surface area contributed by atoms with Crippen molar-refractivity contribution in [3.63, 3.8) is 0 Å². The molecule has 156 valence electrons. The van der Waals surface area contributed by atoms with E-state index in [4.69, 9.17) is 0 Å². The van der Waals surface area contributed by atoms with Crippen LogP contribution in [0, 0.1) is 12.8 Å². The van der Waals surface area contributed by atoms with Gasteiger partial charge in [0.15, 0.2) is 0 Å². The van der Waals surface area contributed by atoms with Crippen LogP contribution in [-0.2, 0) is 17.1 Å². The minimum Gasteiger partial charge on any atom is -0.345 e. The Balaban J connectivity index is 2.05. The molecule has 2 aromatic rings. The van der Waals surface area contributed by atoms with E-state index in [1.54, 1.807) is 14.0 Å². The summed E-state index contributed by atoms with van der Waals surface area (Å²) < 4.78 is 55.6. The topological polar surface area (TPSA) is 80.2 Å². The summed E-state index contributed by atoms with van der Waals surface area (Å²) in [5, 5.41) is 2.60. The summed E-state index contributed by atoms with van der Waals surface area (Å²) in [6.07, 6.45) is -1.31. The number of anilines is 1. The van der Waals surface area contributed by atoms with E-state index in [1.165, 1.54) is 29.0 Å². The van der Waals surface area contributed by atoms with Gasteiger partial charge in [0.05, 0.1) is 0 Å². The van der Waals surface area contributed by atoms with Crippen molar-refractivity contribution < 1.29 is 22.0 Å². The molecule has 0 spiro atoms. The minimum absolute atomic E-state index is 0.0239. The van der Waals surface area contributed by atoms with Gasteiger partial charge in [-0.15, -0.1) is 0 Å². The number of rotatable bonds is 4. The van der Waals surface area contributed by atoms with Gasteiger partial charge >= 0.3 is 0 Å². The predicted molar refractivity (Wildman–Crippen MR) is 107 cm³/mol. The van der Waals surface area contributed by atoms with Crippen LogP contribution >= 0.6 is 0 Å². The van der Waals surface area contributed by atoms with Crippen LogP contribution in [0.15, 0.2) is 35.9 Å². The molecule has 0 saturated heterocycles. The number of hydrogen-bond donors (Lipinski definition) is 2. The van der Waals surface area contributed by atoms with Crippen molar-refractivity contribution in [3.8, 4) is 0 Å². The molecular formula is C20H23F2N3O3S. The first-order valence-electron chi connectivity index (χ1n) is 9.05. The quantitative estimate of drug-likeness (QED) is 0.784. The van der Waals surface area contributed by atoms with Gasteiger partial charge in [-0.25, -0.2) is 21.9 Å². The summed E-state index contributed by atoms with van der Waals surface area (Å²) in [5.41, 5.74) is 1.30. The molecule has 6 nitrogen and oxygen atoms in total. The lowest BCUT2D eigenvalue weighted by Gasteiger charge is -2.29. The molecule has 1 aliphatic rings. The number of hydrogen-bond acceptors (Lipinski definition) is 3. The molecule has 0 fully saturated rings. The van der Waals surface area contributed by atoms with Gasteiger partial charge in [0, 0.05) is 36.1 Å². The van der Waals surface area contributed by atoms with Crippen LogP contribution in [-0.4, -0.2) is 24.9 Å². The van der Waals surface area contributed by atoms with Gasteiger partial charge in [-0.1, -0.05) is 26.5 Å². The molecule has 1 aliphatic heterocycles. The molecule has 1 aromatic heterocycles. The first-order chi connectivity index (χ1) is 13.4. The first-order valence-corrected chi connectivity index (χ1v) is 10.5. The second-order valence-electron chi connectivity index (χ2n) is 7.52. The number of carbonyl (C=O) groups is 1. The van der Waals surface area contributed by atoms with Crippen LogP contribution in [0.2, 0.25) is 0 Å². The average molecular weight is 423 g/mol. The first kappa shape index (κ1) is 21.2. The highest BCUT2D eigenvalue weighted by Gasteiger charge is 2.39. The third-order valence-corrected chi connectivity index (χ3v) is 6.52. The van der Waals surface area contributed by atoms with Crippen LogP contribution in [0.3, 0.4) is 0 Å². The highest BCUT2D eigenvalue weighted by atomic mass is 32.2. The number of amides is 1. The van der Waals surface area contributed by atoms with E-state index in [-0.39, 0.29) is 33.3 Å². The number of alkyl halides is 2. The number of nitrogens with zero attached hydrogens (tertiary/aromatic N) is 1. The number of benzene rings is 1. The Morgan fingerprint density at radius 2 is 1.97 bits per heavy atom. The second kappa shape index (κ2) is 7.38. The maximum absolute atomic E-state index is 13.2. The summed E-state index contributed by atoms with van der Waals surface area (Å²) in [4.78, 5) is 13.0. The van der Waals surface area contributed by atoms with E-state index >= 15 is 0 Å². The average Bonchev–Trinajstić information content (AvgIpc) is 2.98. The fraction of sp³-hybridized carbons (Fsp3) is 0.350. The number of carbonyl (C=O) groups excluding carboxylic acids is 1. The third-order valence-electron chi connectivity index (χ3n) is 5.07. The molecule has 9 heteroatoms. The molecule has 2 heterocycles. The monoisotopic (exact) mass is 423 g/mol. The maximum Gasteiger partial charge on any atom is 0.272 e. The molecule has 1 unspecified atom stereocenters. The fourth-order valence-electron chi connectivity index (χ4n) is 3.53. The van der Waals surface area contributed by atoms with E-state index in [2.05, 4.69) is 16.6 Å². The molecule has 1 atom stereocenters. The highest BCUT2D eigenvalue weighted by molar-refractivity contribution is 7.89. The lowest BCUT2D eigenvalue weighted by molar-refractivity contribution is 0.101. The van der Waals surface area contributed by atoms with Crippen LogP contribution in [0.5, 0.6) is 0 Å². The van der Waals surface area contributed by atoms with Crippen molar-refractivity contribution in [2.75, 3.05) is 5.32 Å². The van der Waals surface area contributed by atoms with E-state index < -0.39 is 28.4 Å². The Morgan fingerprint density at radius 3 is 2.55 bits per heavy atom. The van der Waals surface area contributed by atoms with Crippen molar-refractivity contribution in [2.45, 2.75) is 38.1 Å². The van der Waals surface area contributed by atoms with Gasteiger partial charge in [-0.05, 0) is 36.1 Å². The molecule has 29 heavy (non-hydrogen) atoms. The van der Waals surface area contributed by atoms with Crippen LogP contribution < -0.4 is 10.0 Å². The van der Waals surface area contributed by atoms with Gasteiger partial charge < -0.3 is 9.88 Å². The summed E-state index contributed by atoms with van der Waals surface area (Å²) >= 11 is 0. The molecule has 0 bridgehead atoms. The SMILES string of the molecule is C=C1c2c(cn(C)c2C(=O)Nc2ccc(C)c(C(F)F)c2)S(=O)(=O)NC1C(C)C. The van der Waals surface area contributed by atoms with Gasteiger partial charge in [0.1, 0.15) is 10.6 Å². The zero-order valence-corrected chi connectivity index (χ0v) is 17.4. The largest absolute Gasteiger partial charge is 0.345 e. The number of sulfonamides is 1. The lowest BCUT2D eigenvalue weighted by atomic mass is 9.92. The van der Waals surface area contributed by atoms with Gasteiger partial charge in [-0.3, -0.25) is 4.79 Å². The Kier molecular flexibility index (Phi) is 5.40. The summed E-state index contributed by atoms with van der Waals surface area (Å²) in [7, 11) is -2.26. The van der Waals surface area contributed by atoms with E-state index in [0.29, 0.717) is 11.1 Å². The molecule has 0 aliphatic carbocycles. The fourth-order valence-corrected chi connectivity index (χ4v) is 5.19. The zero-order chi connectivity index (χ0) is 21.7. The zero-order valence-electron chi connectivity index (χ0n) is 16.6. The van der Waals surface area contributed by atoms with Crippen molar-refractivity contribution in [3.05, 3.63) is 53.4 Å². The Hall–Kier alpha value is -2.52. The number of fused-ring (bicyclic) bond motifs is 1. The van der Waals surface area contributed by atoms with Crippen molar-refractivity contribution in [1.82, 2.24) is 9.29 Å². The number of aromatic nitrogens is 1. The van der Waals surface area contributed by atoms with Gasteiger partial charge in [0.25, 0.3) is 12.3 Å². The Morgan fingerprint density at radius 1 is 1.31 bits per heavy atom. The van der Waals surface area contributed by atoms with Crippen molar-refractivity contribution in [2.24, 2.45) is 13.0 Å². The minimum atomic E-state index is -3.81. The third kappa shape index (κ3) is 3.72. The van der Waals surface area contributed by atoms with Crippen LogP contribution in [0.4, 0.5) is 14.5 Å². The van der Waals surface area contributed by atoms with Crippen LogP contribution in [0.1, 0.15) is 47.5 Å². The van der Waals surface area contributed by atoms with Crippen molar-refractivity contribution >= 4 is 27.2 Å². The number of halogens is 2. The molecule has 0 radical (unpaired) electrons. The molecule has 1 amide bonds. The van der Waals surface area contributed by atoms with E-state index in [9.17, 15) is 22.0 Å². The number of nitrogens with one attached hydrogen (secondary N) is 2. The maximum atomic E-state index is 13.2. The summed E-state index contributed by atoms with van der Waals surface area (Å²) in [6.45, 7) is 9.28.